The zero-order valence-electron chi connectivity index (χ0n) is 18.1. The molecule has 34 heavy (non-hydrogen) atoms. The van der Waals surface area contributed by atoms with E-state index in [0.29, 0.717) is 45.7 Å². The molecule has 0 saturated heterocycles. The number of fused-ring (bicyclic) bond motifs is 1. The van der Waals surface area contributed by atoms with E-state index in [1.54, 1.807) is 54.6 Å². The number of para-hydroxylation sites is 1. The molecule has 0 saturated carbocycles. The van der Waals surface area contributed by atoms with Gasteiger partial charge in [0, 0.05) is 5.56 Å². The minimum atomic E-state index is -0.660. The fourth-order valence-electron chi connectivity index (χ4n) is 3.35. The van der Waals surface area contributed by atoms with Crippen molar-refractivity contribution in [1.29, 1.82) is 5.26 Å². The Balaban J connectivity index is 1.66. The van der Waals surface area contributed by atoms with Gasteiger partial charge in [0.15, 0.2) is 11.5 Å². The summed E-state index contributed by atoms with van der Waals surface area (Å²) in [4.78, 5) is 27.6. The number of nitriles is 1. The van der Waals surface area contributed by atoms with Crippen LogP contribution in [0.1, 0.15) is 23.6 Å². The quantitative estimate of drug-likeness (QED) is 0.406. The lowest BCUT2D eigenvalue weighted by atomic mass is 10.1. The number of aromatic nitrogens is 2. The first-order chi connectivity index (χ1) is 16.5. The topological polar surface area (TPSA) is 109 Å². The molecular formula is C25H19ClN4O4. The molecule has 0 amide bonds. The van der Waals surface area contributed by atoms with Crippen LogP contribution in [0.15, 0.2) is 75.4 Å². The van der Waals surface area contributed by atoms with Gasteiger partial charge in [-0.25, -0.2) is 4.79 Å². The predicted octanol–water partition coefficient (Wildman–Crippen LogP) is 4.07. The van der Waals surface area contributed by atoms with Crippen LogP contribution in [-0.4, -0.2) is 22.5 Å². The van der Waals surface area contributed by atoms with Crippen LogP contribution in [0.5, 0.6) is 11.5 Å². The molecule has 4 aromatic rings. The smallest absolute Gasteiger partial charge is 0.349 e. The van der Waals surface area contributed by atoms with Crippen LogP contribution in [0.3, 0.4) is 0 Å². The van der Waals surface area contributed by atoms with Crippen LogP contribution in [0.4, 0.5) is 0 Å². The highest BCUT2D eigenvalue weighted by atomic mass is 35.5. The summed E-state index contributed by atoms with van der Waals surface area (Å²) in [6.07, 6.45) is 1.34. The largest absolute Gasteiger partial charge is 0.490 e. The first-order valence-electron chi connectivity index (χ1n) is 10.4. The van der Waals surface area contributed by atoms with E-state index in [9.17, 15) is 14.9 Å². The predicted molar refractivity (Wildman–Crippen MR) is 130 cm³/mol. The normalized spacial score (nSPS) is 11.0. The molecule has 0 aliphatic heterocycles. The molecule has 0 aliphatic rings. The van der Waals surface area contributed by atoms with Gasteiger partial charge in [-0.05, 0) is 42.8 Å². The summed E-state index contributed by atoms with van der Waals surface area (Å²) in [5.74, 6) is 0.680. The molecule has 0 unspecified atom stereocenters. The lowest BCUT2D eigenvalue weighted by Gasteiger charge is -2.15. The van der Waals surface area contributed by atoms with Gasteiger partial charge in [0.1, 0.15) is 6.61 Å². The average Bonchev–Trinajstić information content (AvgIpc) is 2.84. The number of hydrogen-bond donors (Lipinski definition) is 1. The Morgan fingerprint density at radius 1 is 1.12 bits per heavy atom. The molecule has 0 bridgehead atoms. The number of ether oxygens (including phenoxy) is 2. The van der Waals surface area contributed by atoms with Crippen LogP contribution < -0.4 is 20.7 Å². The Kier molecular flexibility index (Phi) is 6.76. The molecule has 3 aromatic carbocycles. The minimum absolute atomic E-state index is 0.124. The number of nitrogens with zero attached hydrogens (tertiary/aromatic N) is 3. The molecule has 4 rings (SSSR count). The zero-order chi connectivity index (χ0) is 24.1. The van der Waals surface area contributed by atoms with Gasteiger partial charge in [0.05, 0.1) is 40.4 Å². The molecule has 0 radical (unpaired) electrons. The van der Waals surface area contributed by atoms with Gasteiger partial charge in [0.2, 0.25) is 0 Å². The molecule has 1 N–H and O–H groups in total. The van der Waals surface area contributed by atoms with E-state index in [4.69, 9.17) is 21.1 Å². The number of halogens is 1. The fraction of sp³-hybridized carbons (Fsp3) is 0.120. The van der Waals surface area contributed by atoms with E-state index >= 15 is 0 Å². The van der Waals surface area contributed by atoms with Crippen molar-refractivity contribution in [1.82, 2.24) is 9.66 Å². The lowest BCUT2D eigenvalue weighted by Crippen LogP contribution is -2.32. The summed E-state index contributed by atoms with van der Waals surface area (Å²) < 4.78 is 12.3. The van der Waals surface area contributed by atoms with Crippen molar-refractivity contribution in [2.75, 3.05) is 6.61 Å². The van der Waals surface area contributed by atoms with Crippen LogP contribution in [0.2, 0.25) is 5.02 Å². The van der Waals surface area contributed by atoms with Crippen molar-refractivity contribution in [2.45, 2.75) is 13.5 Å². The van der Waals surface area contributed by atoms with Crippen molar-refractivity contribution < 1.29 is 9.47 Å². The molecular weight excluding hydrogens is 456 g/mol. The summed E-state index contributed by atoms with van der Waals surface area (Å²) in [5, 5.41) is 13.9. The average molecular weight is 475 g/mol. The first kappa shape index (κ1) is 22.8. The second-order valence-corrected chi connectivity index (χ2v) is 7.57. The maximum Gasteiger partial charge on any atom is 0.349 e. The van der Waals surface area contributed by atoms with Gasteiger partial charge in [-0.2, -0.15) is 10.4 Å². The monoisotopic (exact) mass is 474 g/mol. The summed E-state index contributed by atoms with van der Waals surface area (Å²) in [6.45, 7) is 2.29. The summed E-state index contributed by atoms with van der Waals surface area (Å²) in [6, 6.07) is 19.2. The second-order valence-electron chi connectivity index (χ2n) is 7.16. The van der Waals surface area contributed by atoms with Gasteiger partial charge < -0.3 is 14.5 Å². The Labute approximate surface area is 199 Å². The number of nitrogens with one attached hydrogen (secondary N) is 1. The minimum Gasteiger partial charge on any atom is -0.490 e. The molecule has 1 heterocycles. The molecule has 0 aliphatic carbocycles. The third kappa shape index (κ3) is 4.70. The molecule has 0 fully saturated rings. The Bertz CT molecular complexity index is 1550. The summed E-state index contributed by atoms with van der Waals surface area (Å²) in [5.41, 5.74) is 0.952. The van der Waals surface area contributed by atoms with E-state index in [1.165, 1.54) is 6.21 Å². The van der Waals surface area contributed by atoms with Crippen LogP contribution >= 0.6 is 11.6 Å². The van der Waals surface area contributed by atoms with Crippen LogP contribution in [0, 0.1) is 11.3 Å². The van der Waals surface area contributed by atoms with Crippen molar-refractivity contribution in [3.05, 3.63) is 103 Å². The van der Waals surface area contributed by atoms with Gasteiger partial charge in [0.25, 0.3) is 5.56 Å². The molecule has 1 aromatic heterocycles. The zero-order valence-corrected chi connectivity index (χ0v) is 18.9. The molecule has 0 atom stereocenters. The Morgan fingerprint density at radius 2 is 1.88 bits per heavy atom. The van der Waals surface area contributed by atoms with Crippen molar-refractivity contribution in [3.8, 4) is 17.6 Å². The number of rotatable bonds is 7. The SMILES string of the molecule is CCOc1cc(C=Nn2c(=O)[nH]c3ccccc3c2=O)cc(Cl)c1OCc1ccccc1C#N. The Hall–Kier alpha value is -4.35. The number of hydrogen-bond acceptors (Lipinski definition) is 6. The summed E-state index contributed by atoms with van der Waals surface area (Å²) >= 11 is 6.46. The van der Waals surface area contributed by atoms with Gasteiger partial charge in [-0.3, -0.25) is 4.79 Å². The molecule has 0 spiro atoms. The number of H-pyrrole nitrogens is 1. The highest BCUT2D eigenvalue weighted by Gasteiger charge is 2.14. The highest BCUT2D eigenvalue weighted by Crippen LogP contribution is 2.37. The molecule has 9 heteroatoms. The van der Waals surface area contributed by atoms with E-state index < -0.39 is 11.2 Å². The van der Waals surface area contributed by atoms with E-state index in [-0.39, 0.29) is 11.6 Å². The highest BCUT2D eigenvalue weighted by molar-refractivity contribution is 6.32. The fourth-order valence-corrected chi connectivity index (χ4v) is 3.63. The van der Waals surface area contributed by atoms with Crippen molar-refractivity contribution in [2.24, 2.45) is 5.10 Å². The van der Waals surface area contributed by atoms with Gasteiger partial charge in [-0.15, -0.1) is 4.68 Å². The second kappa shape index (κ2) is 10.1. The van der Waals surface area contributed by atoms with Crippen LogP contribution in [0.25, 0.3) is 10.9 Å². The van der Waals surface area contributed by atoms with E-state index in [1.807, 2.05) is 13.0 Å². The maximum absolute atomic E-state index is 12.7. The van der Waals surface area contributed by atoms with Gasteiger partial charge >= 0.3 is 5.69 Å². The van der Waals surface area contributed by atoms with Crippen molar-refractivity contribution >= 4 is 28.7 Å². The van der Waals surface area contributed by atoms with E-state index in [2.05, 4.69) is 16.2 Å². The lowest BCUT2D eigenvalue weighted by molar-refractivity contribution is 0.269. The standard InChI is InChI=1S/C25H19ClN4O4/c1-2-33-22-12-16(11-20(26)23(22)34-15-18-8-4-3-7-17(18)13-27)14-28-30-24(31)19-9-5-6-10-21(19)29-25(30)32/h3-12,14H,2,15H2,1H3,(H,29,32). The summed E-state index contributed by atoms with van der Waals surface area (Å²) in [7, 11) is 0. The number of aromatic amines is 1. The maximum atomic E-state index is 12.7. The first-order valence-corrected chi connectivity index (χ1v) is 10.7. The van der Waals surface area contributed by atoms with Crippen LogP contribution in [-0.2, 0) is 6.61 Å². The Morgan fingerprint density at radius 3 is 2.68 bits per heavy atom. The van der Waals surface area contributed by atoms with E-state index in [0.717, 1.165) is 4.68 Å². The molecule has 170 valence electrons. The molecule has 8 nitrogen and oxygen atoms in total. The van der Waals surface area contributed by atoms with Crippen molar-refractivity contribution in [3.63, 3.8) is 0 Å². The third-order valence-corrected chi connectivity index (χ3v) is 5.23. The van der Waals surface area contributed by atoms with Gasteiger partial charge in [-0.1, -0.05) is 41.9 Å². The number of benzene rings is 3. The third-order valence-electron chi connectivity index (χ3n) is 4.95.